The first kappa shape index (κ1) is 21.4. The second kappa shape index (κ2) is 12.4. The fraction of sp³-hybridized carbons (Fsp3) is 0.667. The van der Waals surface area contributed by atoms with Gasteiger partial charge in [0.15, 0.2) is 17.5 Å². The van der Waals surface area contributed by atoms with Crippen molar-refractivity contribution >= 4 is 5.96 Å². The quantitative estimate of drug-likeness (QED) is 0.314. The lowest BCUT2D eigenvalue weighted by atomic mass is 10.1. The number of aliphatic imine (C=N–C) groups is 1. The molecule has 0 aromatic heterocycles. The molecule has 0 bridgehead atoms. The van der Waals surface area contributed by atoms with Gasteiger partial charge in [-0.25, -0.2) is 0 Å². The summed E-state index contributed by atoms with van der Waals surface area (Å²) in [4.78, 5) is 4.57. The second-order valence-electron chi connectivity index (χ2n) is 6.60. The van der Waals surface area contributed by atoms with Gasteiger partial charge < -0.3 is 24.8 Å². The van der Waals surface area contributed by atoms with Crippen molar-refractivity contribution in [1.82, 2.24) is 10.6 Å². The molecule has 0 radical (unpaired) electrons. The van der Waals surface area contributed by atoms with Gasteiger partial charge in [-0.15, -0.1) is 0 Å². The van der Waals surface area contributed by atoms with Gasteiger partial charge in [0.05, 0.1) is 26.4 Å². The van der Waals surface area contributed by atoms with Gasteiger partial charge in [0.2, 0.25) is 0 Å². The molecule has 0 saturated heterocycles. The molecule has 6 heteroatoms. The van der Waals surface area contributed by atoms with E-state index in [0.717, 1.165) is 49.5 Å². The molecule has 27 heavy (non-hydrogen) atoms. The molecule has 0 heterocycles. The Morgan fingerprint density at radius 2 is 1.85 bits per heavy atom. The SMILES string of the molecule is CCNC(=NCCOCC1CC1)NCCc1ccc(OCC)c(OCC)c1. The van der Waals surface area contributed by atoms with Crippen LogP contribution >= 0.6 is 0 Å². The van der Waals surface area contributed by atoms with E-state index in [1.807, 2.05) is 19.9 Å². The molecule has 0 amide bonds. The Labute approximate surface area is 163 Å². The first-order valence-corrected chi connectivity index (χ1v) is 10.2. The molecule has 2 rings (SSSR count). The monoisotopic (exact) mass is 377 g/mol. The molecule has 1 aliphatic rings. The van der Waals surface area contributed by atoms with E-state index in [4.69, 9.17) is 14.2 Å². The lowest BCUT2D eigenvalue weighted by molar-refractivity contribution is 0.131. The Bertz CT molecular complexity index is 574. The number of rotatable bonds is 13. The molecule has 1 aromatic rings. The zero-order chi connectivity index (χ0) is 19.3. The molecule has 0 aliphatic heterocycles. The molecule has 1 saturated carbocycles. The first-order chi connectivity index (χ1) is 13.3. The summed E-state index contributed by atoms with van der Waals surface area (Å²) in [5.74, 6) is 3.25. The number of ether oxygens (including phenoxy) is 3. The molecule has 1 aliphatic carbocycles. The van der Waals surface area contributed by atoms with E-state index in [1.54, 1.807) is 0 Å². The average Bonchev–Trinajstić information content (AvgIpc) is 3.48. The van der Waals surface area contributed by atoms with Gasteiger partial charge in [-0.2, -0.15) is 0 Å². The predicted molar refractivity (Wildman–Crippen MR) is 110 cm³/mol. The summed E-state index contributed by atoms with van der Waals surface area (Å²) in [6.45, 7) is 11.2. The largest absolute Gasteiger partial charge is 0.490 e. The van der Waals surface area contributed by atoms with Crippen molar-refractivity contribution in [2.24, 2.45) is 10.9 Å². The Hall–Kier alpha value is -1.95. The fourth-order valence-electron chi connectivity index (χ4n) is 2.67. The van der Waals surface area contributed by atoms with E-state index >= 15 is 0 Å². The van der Waals surface area contributed by atoms with Gasteiger partial charge in [-0.3, -0.25) is 4.99 Å². The van der Waals surface area contributed by atoms with Crippen molar-refractivity contribution in [2.45, 2.75) is 40.0 Å². The number of guanidine groups is 1. The Kier molecular flexibility index (Phi) is 9.84. The van der Waals surface area contributed by atoms with Crippen molar-refractivity contribution < 1.29 is 14.2 Å². The molecule has 1 fully saturated rings. The van der Waals surface area contributed by atoms with Crippen LogP contribution in [0.1, 0.15) is 39.2 Å². The van der Waals surface area contributed by atoms with Gasteiger partial charge in [-0.05, 0) is 63.6 Å². The third kappa shape index (κ3) is 8.52. The van der Waals surface area contributed by atoms with Crippen molar-refractivity contribution in [1.29, 1.82) is 0 Å². The third-order valence-electron chi connectivity index (χ3n) is 4.21. The minimum atomic E-state index is 0.627. The molecule has 0 atom stereocenters. The molecule has 2 N–H and O–H groups in total. The van der Waals surface area contributed by atoms with E-state index in [9.17, 15) is 0 Å². The minimum Gasteiger partial charge on any atom is -0.490 e. The Morgan fingerprint density at radius 3 is 2.56 bits per heavy atom. The molecule has 0 spiro atoms. The van der Waals surface area contributed by atoms with Gasteiger partial charge in [0.1, 0.15) is 0 Å². The van der Waals surface area contributed by atoms with Crippen LogP contribution < -0.4 is 20.1 Å². The van der Waals surface area contributed by atoms with Crippen LogP contribution in [0.4, 0.5) is 0 Å². The molecule has 1 aromatic carbocycles. The average molecular weight is 378 g/mol. The fourth-order valence-corrected chi connectivity index (χ4v) is 2.67. The van der Waals surface area contributed by atoms with Crippen molar-refractivity contribution in [3.63, 3.8) is 0 Å². The van der Waals surface area contributed by atoms with Gasteiger partial charge in [0.25, 0.3) is 0 Å². The van der Waals surface area contributed by atoms with Gasteiger partial charge >= 0.3 is 0 Å². The number of nitrogens with one attached hydrogen (secondary N) is 2. The highest BCUT2D eigenvalue weighted by Gasteiger charge is 2.20. The summed E-state index contributed by atoms with van der Waals surface area (Å²) >= 11 is 0. The Morgan fingerprint density at radius 1 is 1.07 bits per heavy atom. The number of hydrogen-bond donors (Lipinski definition) is 2. The van der Waals surface area contributed by atoms with E-state index < -0.39 is 0 Å². The summed E-state index contributed by atoms with van der Waals surface area (Å²) in [5, 5.41) is 6.66. The number of nitrogens with zero attached hydrogens (tertiary/aromatic N) is 1. The Balaban J connectivity index is 1.77. The van der Waals surface area contributed by atoms with Crippen LogP contribution in [0, 0.1) is 5.92 Å². The van der Waals surface area contributed by atoms with Crippen molar-refractivity contribution in [3.05, 3.63) is 23.8 Å². The van der Waals surface area contributed by atoms with Crippen LogP contribution in [-0.2, 0) is 11.2 Å². The van der Waals surface area contributed by atoms with Crippen molar-refractivity contribution in [3.8, 4) is 11.5 Å². The molecule has 152 valence electrons. The first-order valence-electron chi connectivity index (χ1n) is 10.2. The maximum absolute atomic E-state index is 5.70. The summed E-state index contributed by atoms with van der Waals surface area (Å²) < 4.78 is 17.0. The topological polar surface area (TPSA) is 64.1 Å². The lowest BCUT2D eigenvalue weighted by Crippen LogP contribution is -2.38. The molecular weight excluding hydrogens is 342 g/mol. The minimum absolute atomic E-state index is 0.627. The summed E-state index contributed by atoms with van der Waals surface area (Å²) in [6, 6.07) is 6.14. The highest BCUT2D eigenvalue weighted by atomic mass is 16.5. The zero-order valence-corrected chi connectivity index (χ0v) is 17.1. The van der Waals surface area contributed by atoms with Crippen molar-refractivity contribution in [2.75, 3.05) is 46.1 Å². The third-order valence-corrected chi connectivity index (χ3v) is 4.21. The zero-order valence-electron chi connectivity index (χ0n) is 17.1. The van der Waals surface area contributed by atoms with Crippen LogP contribution in [0.5, 0.6) is 11.5 Å². The number of hydrogen-bond acceptors (Lipinski definition) is 4. The molecular formula is C21H35N3O3. The number of benzene rings is 1. The van der Waals surface area contributed by atoms with Crippen LogP contribution in [0.25, 0.3) is 0 Å². The molecule has 0 unspecified atom stereocenters. The normalized spacial score (nSPS) is 14.1. The van der Waals surface area contributed by atoms with E-state index in [-0.39, 0.29) is 0 Å². The van der Waals surface area contributed by atoms with Crippen LogP contribution in [0.15, 0.2) is 23.2 Å². The maximum atomic E-state index is 5.70. The van der Waals surface area contributed by atoms with Gasteiger partial charge in [0, 0.05) is 19.7 Å². The smallest absolute Gasteiger partial charge is 0.191 e. The van der Waals surface area contributed by atoms with Crippen LogP contribution in [0.2, 0.25) is 0 Å². The van der Waals surface area contributed by atoms with E-state index in [1.165, 1.54) is 18.4 Å². The summed E-state index contributed by atoms with van der Waals surface area (Å²) in [5.41, 5.74) is 1.21. The van der Waals surface area contributed by atoms with Crippen LogP contribution in [0.3, 0.4) is 0 Å². The summed E-state index contributed by atoms with van der Waals surface area (Å²) in [6.07, 6.45) is 3.53. The standard InChI is InChI=1S/C21H35N3O3/c1-4-22-21(24-13-14-25-16-18-7-8-18)23-12-11-17-9-10-19(26-5-2)20(15-17)27-6-3/h9-10,15,18H,4-8,11-14,16H2,1-3H3,(H2,22,23,24). The highest BCUT2D eigenvalue weighted by Crippen LogP contribution is 2.29. The molecule has 6 nitrogen and oxygen atoms in total. The van der Waals surface area contributed by atoms with Gasteiger partial charge in [-0.1, -0.05) is 6.07 Å². The predicted octanol–water partition coefficient (Wildman–Crippen LogP) is 3.01. The lowest BCUT2D eigenvalue weighted by Gasteiger charge is -2.14. The maximum Gasteiger partial charge on any atom is 0.191 e. The van der Waals surface area contributed by atoms with E-state index in [2.05, 4.69) is 34.7 Å². The summed E-state index contributed by atoms with van der Waals surface area (Å²) in [7, 11) is 0. The highest BCUT2D eigenvalue weighted by molar-refractivity contribution is 5.79. The second-order valence-corrected chi connectivity index (χ2v) is 6.60. The van der Waals surface area contributed by atoms with E-state index in [0.29, 0.717) is 26.4 Å². The van der Waals surface area contributed by atoms with Crippen LogP contribution in [-0.4, -0.2) is 52.0 Å².